The topological polar surface area (TPSA) is 64.2 Å². The molecule has 0 saturated carbocycles. The number of hydrogen-bond donors (Lipinski definition) is 0. The maximum Gasteiger partial charge on any atom is 0.277 e. The molecule has 0 radical (unpaired) electrons. The van der Waals surface area contributed by atoms with Crippen LogP contribution in [0.2, 0.25) is 0 Å². The first kappa shape index (κ1) is 13.2. The van der Waals surface area contributed by atoms with Crippen LogP contribution in [0.1, 0.15) is 5.56 Å². The van der Waals surface area contributed by atoms with Gasteiger partial charge >= 0.3 is 0 Å². The molecule has 0 aliphatic rings. The Morgan fingerprint density at radius 2 is 2.16 bits per heavy atom. The van der Waals surface area contributed by atoms with E-state index in [9.17, 15) is 10.1 Å². The van der Waals surface area contributed by atoms with E-state index in [1.807, 2.05) is 25.1 Å². The summed E-state index contributed by atoms with van der Waals surface area (Å²) in [5.41, 5.74) is 2.39. The van der Waals surface area contributed by atoms with Gasteiger partial charge in [-0.3, -0.25) is 14.8 Å². The van der Waals surface area contributed by atoms with E-state index in [2.05, 4.69) is 5.10 Å². The number of nitrogens with zero attached hydrogens (tertiary/aromatic N) is 4. The Balaban J connectivity index is 2.47. The number of benzene rings is 1. The molecule has 6 heteroatoms. The average Bonchev–Trinajstić information content (AvgIpc) is 2.74. The molecular formula is C13H16N4O2. The Labute approximate surface area is 111 Å². The first-order valence-corrected chi connectivity index (χ1v) is 5.88. The van der Waals surface area contributed by atoms with Crippen LogP contribution in [-0.2, 0) is 13.6 Å². The summed E-state index contributed by atoms with van der Waals surface area (Å²) in [5.74, 6) is 0. The van der Waals surface area contributed by atoms with Crippen LogP contribution in [0.3, 0.4) is 0 Å². The van der Waals surface area contributed by atoms with Gasteiger partial charge in [-0.05, 0) is 25.7 Å². The molecule has 1 aromatic carbocycles. The lowest BCUT2D eigenvalue weighted by molar-refractivity contribution is -0.384. The molecule has 100 valence electrons. The summed E-state index contributed by atoms with van der Waals surface area (Å²) in [5, 5.41) is 15.3. The van der Waals surface area contributed by atoms with Crippen molar-refractivity contribution in [1.82, 2.24) is 14.7 Å². The highest BCUT2D eigenvalue weighted by atomic mass is 16.6. The summed E-state index contributed by atoms with van der Waals surface area (Å²) in [4.78, 5) is 12.8. The van der Waals surface area contributed by atoms with Crippen molar-refractivity contribution >= 4 is 5.69 Å². The molecule has 6 nitrogen and oxygen atoms in total. The highest BCUT2D eigenvalue weighted by Crippen LogP contribution is 2.30. The lowest BCUT2D eigenvalue weighted by Gasteiger charge is -2.10. The smallest absolute Gasteiger partial charge is 0.277 e. The van der Waals surface area contributed by atoms with Crippen molar-refractivity contribution in [2.24, 2.45) is 7.05 Å². The van der Waals surface area contributed by atoms with Crippen molar-refractivity contribution in [2.45, 2.75) is 6.54 Å². The van der Waals surface area contributed by atoms with E-state index in [0.29, 0.717) is 12.1 Å². The zero-order chi connectivity index (χ0) is 14.0. The van der Waals surface area contributed by atoms with Crippen molar-refractivity contribution in [3.8, 4) is 11.1 Å². The third-order valence-corrected chi connectivity index (χ3v) is 2.77. The third kappa shape index (κ3) is 2.97. The van der Waals surface area contributed by atoms with Gasteiger partial charge in [0.2, 0.25) is 0 Å². The first-order chi connectivity index (χ1) is 8.97. The molecule has 0 aliphatic heterocycles. The molecule has 0 atom stereocenters. The summed E-state index contributed by atoms with van der Waals surface area (Å²) in [6, 6.07) is 5.33. The molecule has 0 saturated heterocycles. The number of nitro benzene ring substituents is 1. The van der Waals surface area contributed by atoms with Crippen molar-refractivity contribution in [1.29, 1.82) is 0 Å². The molecule has 0 amide bonds. The molecule has 1 heterocycles. The van der Waals surface area contributed by atoms with Crippen molar-refractivity contribution in [2.75, 3.05) is 14.1 Å². The Bertz CT molecular complexity index is 604. The largest absolute Gasteiger partial charge is 0.305 e. The minimum absolute atomic E-state index is 0.118. The number of nitro groups is 1. The quantitative estimate of drug-likeness (QED) is 0.623. The molecule has 2 rings (SSSR count). The van der Waals surface area contributed by atoms with E-state index in [0.717, 1.165) is 11.1 Å². The van der Waals surface area contributed by atoms with E-state index < -0.39 is 0 Å². The van der Waals surface area contributed by atoms with Gasteiger partial charge < -0.3 is 4.90 Å². The molecule has 0 spiro atoms. The van der Waals surface area contributed by atoms with Crippen LogP contribution in [0, 0.1) is 10.1 Å². The van der Waals surface area contributed by atoms with E-state index >= 15 is 0 Å². The molecule has 0 fully saturated rings. The predicted octanol–water partition coefficient (Wildman–Crippen LogP) is 2.06. The Hall–Kier alpha value is -2.21. The molecule has 0 N–H and O–H groups in total. The molecule has 0 unspecified atom stereocenters. The van der Waals surface area contributed by atoms with Gasteiger partial charge in [-0.25, -0.2) is 0 Å². The van der Waals surface area contributed by atoms with Gasteiger partial charge in [-0.15, -0.1) is 0 Å². The Morgan fingerprint density at radius 3 is 2.68 bits per heavy atom. The number of rotatable bonds is 4. The van der Waals surface area contributed by atoms with Gasteiger partial charge in [0.1, 0.15) is 0 Å². The van der Waals surface area contributed by atoms with Crippen LogP contribution in [0.4, 0.5) is 5.69 Å². The van der Waals surface area contributed by atoms with Gasteiger partial charge in [0, 0.05) is 31.4 Å². The minimum Gasteiger partial charge on any atom is -0.305 e. The normalized spacial score (nSPS) is 10.9. The minimum atomic E-state index is -0.346. The fourth-order valence-corrected chi connectivity index (χ4v) is 2.00. The van der Waals surface area contributed by atoms with Gasteiger partial charge in [0.25, 0.3) is 5.69 Å². The van der Waals surface area contributed by atoms with Crippen molar-refractivity contribution < 1.29 is 4.92 Å². The van der Waals surface area contributed by atoms with Gasteiger partial charge in [-0.2, -0.15) is 5.10 Å². The van der Waals surface area contributed by atoms with Crippen LogP contribution >= 0.6 is 0 Å². The summed E-state index contributed by atoms with van der Waals surface area (Å²) in [6.45, 7) is 0.675. The van der Waals surface area contributed by atoms with Crippen LogP contribution in [0.5, 0.6) is 0 Å². The molecular weight excluding hydrogens is 244 g/mol. The maximum atomic E-state index is 11.2. The van der Waals surface area contributed by atoms with E-state index in [4.69, 9.17) is 0 Å². The summed E-state index contributed by atoms with van der Waals surface area (Å²) >= 11 is 0. The molecule has 0 bridgehead atoms. The second kappa shape index (κ2) is 5.19. The molecule has 2 aromatic rings. The Morgan fingerprint density at radius 1 is 1.42 bits per heavy atom. The Kier molecular flexibility index (Phi) is 3.62. The van der Waals surface area contributed by atoms with Crippen LogP contribution < -0.4 is 0 Å². The molecule has 1 aromatic heterocycles. The van der Waals surface area contributed by atoms with Crippen LogP contribution in [-0.4, -0.2) is 33.7 Å². The average molecular weight is 260 g/mol. The van der Waals surface area contributed by atoms with Crippen molar-refractivity contribution in [3.05, 3.63) is 46.3 Å². The van der Waals surface area contributed by atoms with Gasteiger partial charge in [-0.1, -0.05) is 6.07 Å². The van der Waals surface area contributed by atoms with Crippen LogP contribution in [0.25, 0.3) is 11.1 Å². The summed E-state index contributed by atoms with van der Waals surface area (Å²) in [7, 11) is 5.65. The SMILES string of the molecule is CN(C)Cc1ccc(-c2cnn(C)c2)c([N+](=O)[O-])c1. The lowest BCUT2D eigenvalue weighted by atomic mass is 10.0. The van der Waals surface area contributed by atoms with Crippen molar-refractivity contribution in [3.63, 3.8) is 0 Å². The second-order valence-electron chi connectivity index (χ2n) is 4.75. The fourth-order valence-electron chi connectivity index (χ4n) is 2.00. The number of hydrogen-bond acceptors (Lipinski definition) is 4. The number of aromatic nitrogens is 2. The van der Waals surface area contributed by atoms with E-state index in [-0.39, 0.29) is 10.6 Å². The summed E-state index contributed by atoms with van der Waals surface area (Å²) in [6.07, 6.45) is 3.40. The lowest BCUT2D eigenvalue weighted by Crippen LogP contribution is -2.10. The highest BCUT2D eigenvalue weighted by Gasteiger charge is 2.17. The summed E-state index contributed by atoms with van der Waals surface area (Å²) < 4.78 is 1.63. The van der Waals surface area contributed by atoms with Crippen LogP contribution in [0.15, 0.2) is 30.6 Å². The fraction of sp³-hybridized carbons (Fsp3) is 0.308. The molecule has 19 heavy (non-hydrogen) atoms. The standard InChI is InChI=1S/C13H16N4O2/c1-15(2)8-10-4-5-12(13(6-10)17(18)19)11-7-14-16(3)9-11/h4-7,9H,8H2,1-3H3. The maximum absolute atomic E-state index is 11.2. The monoisotopic (exact) mass is 260 g/mol. The zero-order valence-corrected chi connectivity index (χ0v) is 11.2. The highest BCUT2D eigenvalue weighted by molar-refractivity contribution is 5.73. The zero-order valence-electron chi connectivity index (χ0n) is 11.2. The third-order valence-electron chi connectivity index (χ3n) is 2.77. The van der Waals surface area contributed by atoms with Gasteiger partial charge in [0.15, 0.2) is 0 Å². The van der Waals surface area contributed by atoms with Gasteiger partial charge in [0.05, 0.1) is 16.7 Å². The van der Waals surface area contributed by atoms with E-state index in [1.165, 1.54) is 0 Å². The predicted molar refractivity (Wildman–Crippen MR) is 72.7 cm³/mol. The van der Waals surface area contributed by atoms with E-state index in [1.54, 1.807) is 36.3 Å². The first-order valence-electron chi connectivity index (χ1n) is 5.88. The second-order valence-corrected chi connectivity index (χ2v) is 4.75. The number of aryl methyl sites for hydroxylation is 1. The molecule has 0 aliphatic carbocycles.